The summed E-state index contributed by atoms with van der Waals surface area (Å²) in [5, 5.41) is 1.88. The fraction of sp³-hybridized carbons (Fsp3) is 0.632. The Balaban J connectivity index is 3.53. The Morgan fingerprint density at radius 3 is 1.60 bits per heavy atom. The molecule has 0 fully saturated rings. The Morgan fingerprint density at radius 2 is 1.25 bits per heavy atom. The predicted molar refractivity (Wildman–Crippen MR) is 96.6 cm³/mol. The van der Waals surface area contributed by atoms with E-state index in [2.05, 4.69) is 86.6 Å². The number of rotatable bonds is 1. The van der Waals surface area contributed by atoms with Crippen LogP contribution in [0.1, 0.15) is 67.9 Å². The summed E-state index contributed by atoms with van der Waals surface area (Å²) in [4.78, 5) is 0. The molecular formula is C19H33P. The average Bonchev–Trinajstić information content (AvgIpc) is 2.24. The summed E-state index contributed by atoms with van der Waals surface area (Å²) in [6.45, 7) is 25.8. The highest BCUT2D eigenvalue weighted by molar-refractivity contribution is 7.86. The van der Waals surface area contributed by atoms with Crippen LogP contribution in [0.5, 0.6) is 0 Å². The van der Waals surface area contributed by atoms with E-state index in [0.717, 1.165) is 0 Å². The van der Waals surface area contributed by atoms with Crippen LogP contribution in [0.3, 0.4) is 0 Å². The molecule has 1 rings (SSSR count). The minimum Gasteiger partial charge on any atom is -0.174 e. The van der Waals surface area contributed by atoms with Crippen LogP contribution in [0, 0.1) is 6.66 Å². The zero-order chi connectivity index (χ0) is 16.0. The highest BCUT2D eigenvalue weighted by atomic mass is 31.2. The van der Waals surface area contributed by atoms with Crippen molar-refractivity contribution in [1.82, 2.24) is 0 Å². The summed E-state index contributed by atoms with van der Waals surface area (Å²) in [5.41, 5.74) is 1.60. The first kappa shape index (κ1) is 17.7. The van der Waals surface area contributed by atoms with Gasteiger partial charge < -0.3 is 0 Å². The van der Waals surface area contributed by atoms with Gasteiger partial charge in [-0.3, -0.25) is 0 Å². The van der Waals surface area contributed by atoms with Gasteiger partial charge in [-0.2, -0.15) is 6.66 Å². The second-order valence-corrected chi connectivity index (χ2v) is 13.8. The molecule has 20 heavy (non-hydrogen) atoms. The SMILES string of the molecule is [CH2-][P+](c1cccc(C(C)(C)C)c1)(C(C)(C)C)C(C)(C)C. The van der Waals surface area contributed by atoms with Gasteiger partial charge in [0, 0.05) is 0 Å². The summed E-state index contributed by atoms with van der Waals surface area (Å²) >= 11 is 0. The van der Waals surface area contributed by atoms with E-state index in [0.29, 0.717) is 0 Å². The van der Waals surface area contributed by atoms with Crippen LogP contribution < -0.4 is 5.30 Å². The molecule has 0 spiro atoms. The molecule has 0 aliphatic carbocycles. The quantitative estimate of drug-likeness (QED) is 0.439. The molecule has 0 heterocycles. The van der Waals surface area contributed by atoms with Gasteiger partial charge in [0.15, 0.2) is 0 Å². The van der Waals surface area contributed by atoms with Crippen molar-refractivity contribution in [3.63, 3.8) is 0 Å². The summed E-state index contributed by atoms with van der Waals surface area (Å²) in [6, 6.07) is 9.18. The minimum atomic E-state index is -1.54. The lowest BCUT2D eigenvalue weighted by Crippen LogP contribution is -2.38. The summed E-state index contributed by atoms with van der Waals surface area (Å²) in [5.74, 6) is 0. The second-order valence-electron chi connectivity index (χ2n) is 8.95. The van der Waals surface area contributed by atoms with Crippen LogP contribution in [0.15, 0.2) is 24.3 Å². The third-order valence-electron chi connectivity index (χ3n) is 4.44. The van der Waals surface area contributed by atoms with Crippen molar-refractivity contribution in [3.05, 3.63) is 36.5 Å². The first-order chi connectivity index (χ1) is 8.71. The standard InChI is InChI=1S/C19H33P/c1-17(2,3)15-12-11-13-16(14-15)20(10,18(4,5)6)19(7,8)9/h11-14H,10H2,1-9H3. The van der Waals surface area contributed by atoms with E-state index in [1.807, 2.05) is 0 Å². The van der Waals surface area contributed by atoms with E-state index in [9.17, 15) is 0 Å². The molecule has 114 valence electrons. The number of hydrogen-bond donors (Lipinski definition) is 0. The monoisotopic (exact) mass is 292 g/mol. The van der Waals surface area contributed by atoms with Crippen molar-refractivity contribution in [2.75, 3.05) is 0 Å². The van der Waals surface area contributed by atoms with E-state index in [4.69, 9.17) is 6.66 Å². The maximum Gasteiger partial charge on any atom is 0.0659 e. The third-order valence-corrected chi connectivity index (χ3v) is 10.2. The summed E-state index contributed by atoms with van der Waals surface area (Å²) < 4.78 is 0. The predicted octanol–water partition coefficient (Wildman–Crippen LogP) is 6.02. The molecule has 0 aliphatic heterocycles. The van der Waals surface area contributed by atoms with Crippen molar-refractivity contribution >= 4 is 12.6 Å². The molecule has 0 aliphatic rings. The highest BCUT2D eigenvalue weighted by Gasteiger charge is 2.49. The topological polar surface area (TPSA) is 0 Å². The lowest BCUT2D eigenvalue weighted by Gasteiger charge is -2.51. The lowest BCUT2D eigenvalue weighted by atomic mass is 9.87. The molecular weight excluding hydrogens is 259 g/mol. The maximum atomic E-state index is 4.82. The molecule has 0 atom stereocenters. The van der Waals surface area contributed by atoms with E-state index < -0.39 is 7.26 Å². The van der Waals surface area contributed by atoms with E-state index >= 15 is 0 Å². The fourth-order valence-corrected chi connectivity index (χ4v) is 7.25. The molecule has 0 saturated carbocycles. The van der Waals surface area contributed by atoms with E-state index in [-0.39, 0.29) is 15.7 Å². The van der Waals surface area contributed by atoms with Gasteiger partial charge in [-0.05, 0) is 64.7 Å². The van der Waals surface area contributed by atoms with Crippen LogP contribution in [0.2, 0.25) is 0 Å². The number of benzene rings is 1. The summed E-state index contributed by atoms with van der Waals surface area (Å²) in [6.07, 6.45) is 0. The molecule has 1 aromatic rings. The molecule has 0 amide bonds. The molecule has 0 bridgehead atoms. The zero-order valence-corrected chi connectivity index (χ0v) is 15.9. The fourth-order valence-electron chi connectivity index (χ4n) is 2.99. The van der Waals surface area contributed by atoms with Crippen molar-refractivity contribution in [2.45, 2.75) is 78.0 Å². The van der Waals surface area contributed by atoms with Crippen LogP contribution in [0.25, 0.3) is 0 Å². The van der Waals surface area contributed by atoms with E-state index in [1.54, 1.807) is 0 Å². The van der Waals surface area contributed by atoms with Crippen LogP contribution >= 0.6 is 7.26 Å². The molecule has 0 aromatic heterocycles. The van der Waals surface area contributed by atoms with Gasteiger partial charge in [0.2, 0.25) is 0 Å². The van der Waals surface area contributed by atoms with Crippen molar-refractivity contribution < 1.29 is 0 Å². The average molecular weight is 292 g/mol. The van der Waals surface area contributed by atoms with Gasteiger partial charge in [-0.1, -0.05) is 40.2 Å². The Kier molecular flexibility index (Phi) is 4.54. The minimum absolute atomic E-state index is 0.191. The molecule has 0 N–H and O–H groups in total. The normalized spacial score (nSPS) is 14.5. The molecule has 0 nitrogen and oxygen atoms in total. The van der Waals surface area contributed by atoms with Gasteiger partial charge in [0.05, 0.1) is 15.6 Å². The largest absolute Gasteiger partial charge is 0.174 e. The molecule has 0 radical (unpaired) electrons. The van der Waals surface area contributed by atoms with Gasteiger partial charge >= 0.3 is 0 Å². The highest BCUT2D eigenvalue weighted by Crippen LogP contribution is 2.74. The Labute approximate surface area is 127 Å². The van der Waals surface area contributed by atoms with Gasteiger partial charge in [0.25, 0.3) is 0 Å². The molecule has 0 unspecified atom stereocenters. The molecule has 1 aromatic carbocycles. The van der Waals surface area contributed by atoms with Crippen molar-refractivity contribution in [3.8, 4) is 0 Å². The van der Waals surface area contributed by atoms with Crippen molar-refractivity contribution in [2.24, 2.45) is 0 Å². The smallest absolute Gasteiger partial charge is 0.0659 e. The van der Waals surface area contributed by atoms with E-state index in [1.165, 1.54) is 10.9 Å². The Bertz CT molecular complexity index is 450. The third kappa shape index (κ3) is 3.11. The van der Waals surface area contributed by atoms with Crippen LogP contribution in [-0.4, -0.2) is 10.3 Å². The van der Waals surface area contributed by atoms with Crippen molar-refractivity contribution in [1.29, 1.82) is 0 Å². The Hall–Kier alpha value is -0.350. The van der Waals surface area contributed by atoms with Gasteiger partial charge in [0.1, 0.15) is 0 Å². The number of hydrogen-bond acceptors (Lipinski definition) is 0. The van der Waals surface area contributed by atoms with Gasteiger partial charge in [-0.25, -0.2) is 0 Å². The van der Waals surface area contributed by atoms with Crippen LogP contribution in [0.4, 0.5) is 0 Å². The molecule has 0 saturated heterocycles. The summed E-state index contributed by atoms with van der Waals surface area (Å²) in [7, 11) is -1.54. The first-order valence-electron chi connectivity index (χ1n) is 7.56. The lowest BCUT2D eigenvalue weighted by molar-refractivity contribution is 0.590. The Morgan fingerprint density at radius 1 is 0.800 bits per heavy atom. The maximum absolute atomic E-state index is 4.82. The van der Waals surface area contributed by atoms with Crippen LogP contribution in [-0.2, 0) is 5.41 Å². The first-order valence-corrected chi connectivity index (χ1v) is 9.53. The zero-order valence-electron chi connectivity index (χ0n) is 15.0. The molecule has 1 heteroatoms. The van der Waals surface area contributed by atoms with Gasteiger partial charge in [-0.15, -0.1) is 0 Å². The second kappa shape index (κ2) is 5.13.